The Labute approximate surface area is 167 Å². The number of aromatic amines is 1. The van der Waals surface area contributed by atoms with Gasteiger partial charge in [0.05, 0.1) is 5.39 Å². The lowest BCUT2D eigenvalue weighted by Gasteiger charge is -2.18. The first-order valence-corrected chi connectivity index (χ1v) is 10.5. The predicted octanol–water partition coefficient (Wildman–Crippen LogP) is 4.80. The van der Waals surface area contributed by atoms with Crippen LogP contribution < -0.4 is 10.9 Å². The molecule has 3 N–H and O–H groups in total. The number of aryl methyl sites for hydroxylation is 1. The normalized spacial score (nSPS) is 16.4. The van der Waals surface area contributed by atoms with Crippen molar-refractivity contribution in [1.82, 2.24) is 4.98 Å². The number of carbonyl (C=O) groups is 1. The van der Waals surface area contributed by atoms with Gasteiger partial charge in [0.2, 0.25) is 0 Å². The molecule has 3 aromatic rings. The van der Waals surface area contributed by atoms with Crippen molar-refractivity contribution >= 4 is 33.1 Å². The standard InChI is InChI=1S/C22H24N2O3S/c1-11(2)13-5-4-6-14(10-13)23-20(26)18-19(25)17-15-8-7-12(3)9-16(15)28-22(17)24-21(18)27/h4-6,10-12H,7-9H2,1-3H3,(H,23,26)(H2,24,25,27)/t12-/m1/s1. The van der Waals surface area contributed by atoms with Crippen molar-refractivity contribution < 1.29 is 9.90 Å². The van der Waals surface area contributed by atoms with E-state index in [2.05, 4.69) is 31.1 Å². The summed E-state index contributed by atoms with van der Waals surface area (Å²) >= 11 is 1.51. The molecule has 0 fully saturated rings. The molecule has 0 spiro atoms. The lowest BCUT2D eigenvalue weighted by molar-refractivity contribution is 0.102. The van der Waals surface area contributed by atoms with Crippen LogP contribution in [0.15, 0.2) is 29.1 Å². The lowest BCUT2D eigenvalue weighted by Crippen LogP contribution is -2.23. The number of H-pyrrole nitrogens is 1. The summed E-state index contributed by atoms with van der Waals surface area (Å²) in [5, 5.41) is 14.3. The molecule has 1 aliphatic carbocycles. The first-order chi connectivity index (χ1) is 13.3. The van der Waals surface area contributed by atoms with E-state index in [0.29, 0.717) is 27.7 Å². The fourth-order valence-corrected chi connectivity index (χ4v) is 5.27. The van der Waals surface area contributed by atoms with Crippen molar-refractivity contribution in [1.29, 1.82) is 0 Å². The number of fused-ring (bicyclic) bond motifs is 3. The average Bonchev–Trinajstić information content (AvgIpc) is 2.98. The molecule has 1 atom stereocenters. The average molecular weight is 397 g/mol. The molecular weight excluding hydrogens is 372 g/mol. The van der Waals surface area contributed by atoms with E-state index in [1.54, 1.807) is 6.07 Å². The number of aromatic nitrogens is 1. The zero-order chi connectivity index (χ0) is 20.0. The maximum Gasteiger partial charge on any atom is 0.265 e. The van der Waals surface area contributed by atoms with Crippen LogP contribution in [0, 0.1) is 5.92 Å². The highest BCUT2D eigenvalue weighted by Gasteiger charge is 2.27. The van der Waals surface area contributed by atoms with Gasteiger partial charge in [-0.3, -0.25) is 9.59 Å². The van der Waals surface area contributed by atoms with E-state index >= 15 is 0 Å². The topological polar surface area (TPSA) is 82.2 Å². The summed E-state index contributed by atoms with van der Waals surface area (Å²) in [5.41, 5.74) is 1.99. The number of nitrogens with one attached hydrogen (secondary N) is 2. The fourth-order valence-electron chi connectivity index (χ4n) is 3.87. The Hall–Kier alpha value is -2.60. The minimum atomic E-state index is -0.592. The van der Waals surface area contributed by atoms with Gasteiger partial charge >= 0.3 is 0 Å². The van der Waals surface area contributed by atoms with Gasteiger partial charge in [0.1, 0.15) is 16.1 Å². The van der Waals surface area contributed by atoms with Crippen molar-refractivity contribution in [3.8, 4) is 5.75 Å². The van der Waals surface area contributed by atoms with Crippen molar-refractivity contribution in [2.75, 3.05) is 5.32 Å². The largest absolute Gasteiger partial charge is 0.506 e. The summed E-state index contributed by atoms with van der Waals surface area (Å²) in [6.45, 7) is 6.36. The fraction of sp³-hybridized carbons (Fsp3) is 0.364. The first-order valence-electron chi connectivity index (χ1n) is 9.66. The Morgan fingerprint density at radius 3 is 2.89 bits per heavy atom. The molecule has 1 aliphatic rings. The molecule has 6 heteroatoms. The smallest absolute Gasteiger partial charge is 0.265 e. The van der Waals surface area contributed by atoms with Crippen molar-refractivity contribution in [3.63, 3.8) is 0 Å². The Morgan fingerprint density at radius 1 is 1.36 bits per heavy atom. The summed E-state index contributed by atoms with van der Waals surface area (Å²) in [4.78, 5) is 30.1. The lowest BCUT2D eigenvalue weighted by atomic mass is 9.89. The molecule has 2 heterocycles. The Kier molecular flexibility index (Phi) is 4.75. The molecule has 146 valence electrons. The van der Waals surface area contributed by atoms with Crippen LogP contribution in [-0.4, -0.2) is 16.0 Å². The minimum Gasteiger partial charge on any atom is -0.506 e. The Bertz CT molecular complexity index is 1130. The summed E-state index contributed by atoms with van der Waals surface area (Å²) in [7, 11) is 0. The number of amides is 1. The van der Waals surface area contributed by atoms with Gasteiger partial charge in [0, 0.05) is 10.6 Å². The maximum absolute atomic E-state index is 12.8. The van der Waals surface area contributed by atoms with Gasteiger partial charge in [0.15, 0.2) is 0 Å². The Balaban J connectivity index is 1.75. The first kappa shape index (κ1) is 18.7. The van der Waals surface area contributed by atoms with E-state index in [1.807, 2.05) is 18.2 Å². The second kappa shape index (κ2) is 7.09. The zero-order valence-corrected chi connectivity index (χ0v) is 17.1. The summed E-state index contributed by atoms with van der Waals surface area (Å²) in [6, 6.07) is 7.53. The van der Waals surface area contributed by atoms with E-state index in [4.69, 9.17) is 0 Å². The molecule has 0 saturated heterocycles. The SMILES string of the molecule is CC(C)c1cccc(NC(=O)c2c(O)c3c4c(sc3[nH]c2=O)C[C@H](C)CC4)c1. The van der Waals surface area contributed by atoms with E-state index in [1.165, 1.54) is 16.2 Å². The molecule has 0 bridgehead atoms. The number of pyridine rings is 1. The molecule has 1 amide bonds. The van der Waals surface area contributed by atoms with E-state index < -0.39 is 11.5 Å². The van der Waals surface area contributed by atoms with Gasteiger partial charge in [-0.25, -0.2) is 0 Å². The predicted molar refractivity (Wildman–Crippen MR) is 114 cm³/mol. The number of anilines is 1. The number of hydrogen-bond donors (Lipinski definition) is 3. The molecule has 0 saturated carbocycles. The highest BCUT2D eigenvalue weighted by molar-refractivity contribution is 7.18. The Morgan fingerprint density at radius 2 is 2.14 bits per heavy atom. The molecule has 1 aromatic carbocycles. The number of carbonyl (C=O) groups excluding carboxylic acids is 1. The molecule has 28 heavy (non-hydrogen) atoms. The van der Waals surface area contributed by atoms with Crippen molar-refractivity contribution in [3.05, 3.63) is 56.2 Å². The third kappa shape index (κ3) is 3.22. The summed E-state index contributed by atoms with van der Waals surface area (Å²) in [5.74, 6) is 0.115. The molecule has 0 aliphatic heterocycles. The molecule has 0 unspecified atom stereocenters. The van der Waals surface area contributed by atoms with Gasteiger partial charge in [0.25, 0.3) is 11.5 Å². The quantitative estimate of drug-likeness (QED) is 0.595. The second-order valence-corrected chi connectivity index (χ2v) is 9.07. The van der Waals surface area contributed by atoms with Crippen LogP contribution in [-0.2, 0) is 12.8 Å². The van der Waals surface area contributed by atoms with Crippen molar-refractivity contribution in [2.24, 2.45) is 5.92 Å². The number of thiophene rings is 1. The van der Waals surface area contributed by atoms with Crippen LogP contribution in [0.5, 0.6) is 5.75 Å². The molecule has 2 aromatic heterocycles. The minimum absolute atomic E-state index is 0.205. The molecule has 4 rings (SSSR count). The zero-order valence-electron chi connectivity index (χ0n) is 16.3. The van der Waals surface area contributed by atoms with Crippen LogP contribution in [0.2, 0.25) is 0 Å². The molecule has 0 radical (unpaired) electrons. The van der Waals surface area contributed by atoms with Gasteiger partial charge in [-0.15, -0.1) is 11.3 Å². The van der Waals surface area contributed by atoms with E-state index in [-0.39, 0.29) is 11.3 Å². The van der Waals surface area contributed by atoms with E-state index in [9.17, 15) is 14.7 Å². The summed E-state index contributed by atoms with van der Waals surface area (Å²) < 4.78 is 0. The highest BCUT2D eigenvalue weighted by Crippen LogP contribution is 2.41. The van der Waals surface area contributed by atoms with Crippen LogP contribution in [0.3, 0.4) is 0 Å². The number of aromatic hydroxyl groups is 1. The van der Waals surface area contributed by atoms with Crippen LogP contribution in [0.4, 0.5) is 5.69 Å². The number of hydrogen-bond acceptors (Lipinski definition) is 4. The van der Waals surface area contributed by atoms with E-state index in [0.717, 1.165) is 30.4 Å². The van der Waals surface area contributed by atoms with Crippen molar-refractivity contribution in [2.45, 2.75) is 46.0 Å². The van der Waals surface area contributed by atoms with Crippen LogP contribution >= 0.6 is 11.3 Å². The van der Waals surface area contributed by atoms with Gasteiger partial charge in [-0.1, -0.05) is 32.9 Å². The van der Waals surface area contributed by atoms with Gasteiger partial charge < -0.3 is 15.4 Å². The molecular formula is C22H24N2O3S. The van der Waals surface area contributed by atoms with Gasteiger partial charge in [-0.2, -0.15) is 0 Å². The number of benzene rings is 1. The third-order valence-electron chi connectivity index (χ3n) is 5.48. The van der Waals surface area contributed by atoms with Crippen LogP contribution in [0.25, 0.3) is 10.2 Å². The second-order valence-electron chi connectivity index (χ2n) is 7.97. The summed E-state index contributed by atoms with van der Waals surface area (Å²) in [6.07, 6.45) is 2.84. The molecule has 5 nitrogen and oxygen atoms in total. The van der Waals surface area contributed by atoms with Crippen LogP contribution in [0.1, 0.15) is 59.5 Å². The number of rotatable bonds is 3. The third-order valence-corrected chi connectivity index (χ3v) is 6.65. The highest BCUT2D eigenvalue weighted by atomic mass is 32.1. The maximum atomic E-state index is 12.8. The monoisotopic (exact) mass is 396 g/mol. The van der Waals surface area contributed by atoms with Gasteiger partial charge in [-0.05, 0) is 54.4 Å².